The number of nitrogens with zero attached hydrogens (tertiary/aromatic N) is 4. The first-order valence-corrected chi connectivity index (χ1v) is 4.29. The third-order valence-electron chi connectivity index (χ3n) is 2.39. The Kier molecular flexibility index (Phi) is 1.58. The molecule has 4 nitrogen and oxygen atoms in total. The van der Waals surface area contributed by atoms with Crippen molar-refractivity contribution in [1.29, 1.82) is 0 Å². The quantitative estimate of drug-likeness (QED) is 0.608. The summed E-state index contributed by atoms with van der Waals surface area (Å²) in [6, 6.07) is 0. The Balaban J connectivity index is 2.66. The number of aromatic nitrogens is 2. The lowest BCUT2D eigenvalue weighted by Gasteiger charge is -2.38. The first-order valence-electron chi connectivity index (χ1n) is 4.29. The summed E-state index contributed by atoms with van der Waals surface area (Å²) in [5, 5.41) is 6.28. The van der Waals surface area contributed by atoms with Crippen LogP contribution in [0.5, 0.6) is 0 Å². The molecule has 0 aromatic carbocycles. The number of hydrogen-bond donors (Lipinski definition) is 0. The second kappa shape index (κ2) is 2.52. The molecule has 1 aliphatic heterocycles. The molecule has 0 unspecified atom stereocenters. The van der Waals surface area contributed by atoms with Gasteiger partial charge in [-0.05, 0) is 27.8 Å². The highest BCUT2D eigenvalue weighted by atomic mass is 15.6. The van der Waals surface area contributed by atoms with Crippen molar-refractivity contribution in [2.75, 3.05) is 12.1 Å². The van der Waals surface area contributed by atoms with E-state index in [1.807, 2.05) is 36.8 Å². The summed E-state index contributed by atoms with van der Waals surface area (Å²) in [6.07, 6.45) is 1.82. The predicted octanol–water partition coefficient (Wildman–Crippen LogP) is 2.06. The smallest absolute Gasteiger partial charge is 0.121 e. The first kappa shape index (κ1) is 8.16. The van der Waals surface area contributed by atoms with Crippen LogP contribution in [0, 0.1) is 13.8 Å². The van der Waals surface area contributed by atoms with Crippen LogP contribution in [0.15, 0.2) is 6.20 Å². The Morgan fingerprint density at radius 3 is 2.62 bits per heavy atom. The van der Waals surface area contributed by atoms with Crippen LogP contribution in [0.2, 0.25) is 0 Å². The zero-order valence-corrected chi connectivity index (χ0v) is 8.37. The molecule has 1 aliphatic rings. The fourth-order valence-corrected chi connectivity index (χ4v) is 1.50. The van der Waals surface area contributed by atoms with Crippen LogP contribution in [0.1, 0.15) is 18.2 Å². The molecule has 70 valence electrons. The van der Waals surface area contributed by atoms with Gasteiger partial charge in [0.1, 0.15) is 5.82 Å². The SMILES string of the molecule is CC1=C[N-]N(C)c2c(C)c(C)nn21. The Morgan fingerprint density at radius 1 is 1.31 bits per heavy atom. The van der Waals surface area contributed by atoms with Gasteiger partial charge in [0.15, 0.2) is 0 Å². The molecule has 0 saturated heterocycles. The zero-order chi connectivity index (χ0) is 9.59. The summed E-state index contributed by atoms with van der Waals surface area (Å²) in [5.74, 6) is 1.07. The summed E-state index contributed by atoms with van der Waals surface area (Å²) in [6.45, 7) is 6.09. The van der Waals surface area contributed by atoms with Crippen LogP contribution < -0.4 is 5.01 Å². The molecule has 0 bridgehead atoms. The standard InChI is InChI=1S/C9H13N4/c1-6-5-10-12(4)9-7(2)8(3)11-13(6)9/h5H,1-4H3/q-1. The molecule has 2 rings (SSSR count). The topological polar surface area (TPSA) is 35.2 Å². The van der Waals surface area contributed by atoms with E-state index < -0.39 is 0 Å². The number of fused-ring (bicyclic) bond motifs is 1. The normalized spacial score (nSPS) is 15.1. The van der Waals surface area contributed by atoms with Gasteiger partial charge in [0.25, 0.3) is 0 Å². The number of hydrogen-bond acceptors (Lipinski definition) is 2. The monoisotopic (exact) mass is 177 g/mol. The van der Waals surface area contributed by atoms with Gasteiger partial charge in [-0.1, -0.05) is 0 Å². The van der Waals surface area contributed by atoms with Crippen LogP contribution in [-0.2, 0) is 0 Å². The summed E-state index contributed by atoms with van der Waals surface area (Å²) in [7, 11) is 1.93. The van der Waals surface area contributed by atoms with Gasteiger partial charge in [-0.25, -0.2) is 4.68 Å². The Morgan fingerprint density at radius 2 is 2.00 bits per heavy atom. The molecule has 2 heterocycles. The van der Waals surface area contributed by atoms with Crippen molar-refractivity contribution in [3.8, 4) is 0 Å². The largest absolute Gasteiger partial charge is 0.599 e. The molecular weight excluding hydrogens is 164 g/mol. The van der Waals surface area contributed by atoms with Gasteiger partial charge in [-0.15, -0.1) is 6.20 Å². The van der Waals surface area contributed by atoms with E-state index in [0.29, 0.717) is 0 Å². The lowest BCUT2D eigenvalue weighted by molar-refractivity contribution is 0.840. The predicted molar refractivity (Wildman–Crippen MR) is 53.4 cm³/mol. The molecule has 1 aromatic rings. The van der Waals surface area contributed by atoms with Gasteiger partial charge in [0.05, 0.1) is 5.69 Å². The molecule has 0 spiro atoms. The molecule has 0 atom stereocenters. The number of rotatable bonds is 0. The number of aryl methyl sites for hydroxylation is 1. The Labute approximate surface area is 77.8 Å². The maximum atomic E-state index is 4.43. The summed E-state index contributed by atoms with van der Waals surface area (Å²) in [4.78, 5) is 0. The van der Waals surface area contributed by atoms with Crippen molar-refractivity contribution >= 4 is 11.5 Å². The maximum Gasteiger partial charge on any atom is 0.121 e. The lowest BCUT2D eigenvalue weighted by atomic mass is 10.2. The molecule has 0 saturated carbocycles. The van der Waals surface area contributed by atoms with E-state index in [4.69, 9.17) is 0 Å². The first-order chi connectivity index (χ1) is 6.11. The van der Waals surface area contributed by atoms with Gasteiger partial charge in [0.2, 0.25) is 0 Å². The molecule has 0 radical (unpaired) electrons. The second-order valence-corrected chi connectivity index (χ2v) is 3.36. The number of anilines is 1. The average Bonchev–Trinajstić information content (AvgIpc) is 2.38. The molecule has 4 heteroatoms. The van der Waals surface area contributed by atoms with E-state index in [9.17, 15) is 0 Å². The van der Waals surface area contributed by atoms with E-state index in [2.05, 4.69) is 17.4 Å². The highest BCUT2D eigenvalue weighted by molar-refractivity contribution is 5.65. The minimum Gasteiger partial charge on any atom is -0.599 e. The third-order valence-corrected chi connectivity index (χ3v) is 2.39. The van der Waals surface area contributed by atoms with E-state index in [-0.39, 0.29) is 0 Å². The average molecular weight is 177 g/mol. The second-order valence-electron chi connectivity index (χ2n) is 3.36. The van der Waals surface area contributed by atoms with Crippen LogP contribution in [0.4, 0.5) is 5.82 Å². The fourth-order valence-electron chi connectivity index (χ4n) is 1.50. The van der Waals surface area contributed by atoms with Crippen molar-refractivity contribution in [3.63, 3.8) is 0 Å². The van der Waals surface area contributed by atoms with E-state index >= 15 is 0 Å². The van der Waals surface area contributed by atoms with Crippen molar-refractivity contribution < 1.29 is 0 Å². The summed E-state index contributed by atoms with van der Waals surface area (Å²) < 4.78 is 1.93. The van der Waals surface area contributed by atoms with Gasteiger partial charge in [-0.3, -0.25) is 0 Å². The molecular formula is C9H13N4-. The highest BCUT2D eigenvalue weighted by Gasteiger charge is 2.14. The molecule has 1 aromatic heterocycles. The lowest BCUT2D eigenvalue weighted by Crippen LogP contribution is -2.18. The van der Waals surface area contributed by atoms with E-state index in [1.54, 1.807) is 0 Å². The van der Waals surface area contributed by atoms with Crippen molar-refractivity contribution in [1.82, 2.24) is 9.78 Å². The Bertz CT molecular complexity index is 375. The minimum atomic E-state index is 1.06. The van der Waals surface area contributed by atoms with Crippen LogP contribution >= 0.6 is 0 Å². The maximum absolute atomic E-state index is 4.43. The van der Waals surface area contributed by atoms with Crippen LogP contribution in [0.3, 0.4) is 0 Å². The molecule has 0 aliphatic carbocycles. The molecule has 0 amide bonds. The minimum absolute atomic E-state index is 1.06. The molecule has 0 N–H and O–H groups in total. The van der Waals surface area contributed by atoms with E-state index in [1.165, 1.54) is 5.56 Å². The third kappa shape index (κ3) is 1.02. The van der Waals surface area contributed by atoms with Crippen molar-refractivity contribution in [2.45, 2.75) is 20.8 Å². The van der Waals surface area contributed by atoms with Crippen molar-refractivity contribution in [3.05, 3.63) is 22.9 Å². The fraction of sp³-hybridized carbons (Fsp3) is 0.444. The van der Waals surface area contributed by atoms with Gasteiger partial charge >= 0.3 is 0 Å². The zero-order valence-electron chi connectivity index (χ0n) is 8.37. The summed E-state index contributed by atoms with van der Waals surface area (Å²) >= 11 is 0. The van der Waals surface area contributed by atoms with Crippen LogP contribution in [0.25, 0.3) is 11.1 Å². The van der Waals surface area contributed by atoms with Crippen LogP contribution in [-0.4, -0.2) is 16.8 Å². The highest BCUT2D eigenvalue weighted by Crippen LogP contribution is 2.30. The summed E-state index contributed by atoms with van der Waals surface area (Å²) in [5.41, 5.74) is 7.55. The molecule has 13 heavy (non-hydrogen) atoms. The van der Waals surface area contributed by atoms with Gasteiger partial charge < -0.3 is 10.4 Å². The molecule has 0 fully saturated rings. The van der Waals surface area contributed by atoms with Gasteiger partial charge in [-0.2, -0.15) is 5.10 Å². The Hall–Kier alpha value is -1.45. The van der Waals surface area contributed by atoms with E-state index in [0.717, 1.165) is 17.2 Å². The van der Waals surface area contributed by atoms with Gasteiger partial charge in [0, 0.05) is 11.3 Å². The van der Waals surface area contributed by atoms with Crippen molar-refractivity contribution in [2.24, 2.45) is 0 Å². The number of allylic oxidation sites excluding steroid dienone is 1.